The van der Waals surface area contributed by atoms with Gasteiger partial charge in [0.1, 0.15) is 6.10 Å². The van der Waals surface area contributed by atoms with Crippen LogP contribution >= 0.6 is 0 Å². The Hall–Kier alpha value is -0.530. The molecule has 0 aromatic carbocycles. The molecule has 17 heavy (non-hydrogen) atoms. The highest BCUT2D eigenvalue weighted by Gasteiger charge is 2.51. The number of ketones is 1. The fourth-order valence-electron chi connectivity index (χ4n) is 2.12. The summed E-state index contributed by atoms with van der Waals surface area (Å²) < 4.78 is 26.7. The lowest BCUT2D eigenvalue weighted by Crippen LogP contribution is -2.37. The molecule has 2 aliphatic rings. The van der Waals surface area contributed by atoms with Gasteiger partial charge in [0, 0.05) is 14.2 Å². The second-order valence-electron chi connectivity index (χ2n) is 4.59. The monoisotopic (exact) mass is 246 g/mol. The SMILES string of the molecule is CO[C@H]1O[C@H](C2COC(C)(C)O2)C(=O)[C@H]1OC. The van der Waals surface area contributed by atoms with Gasteiger partial charge in [-0.15, -0.1) is 0 Å². The number of rotatable bonds is 3. The highest BCUT2D eigenvalue weighted by molar-refractivity contribution is 5.90. The molecule has 0 aromatic rings. The molecular weight excluding hydrogens is 228 g/mol. The van der Waals surface area contributed by atoms with E-state index in [9.17, 15) is 4.79 Å². The minimum atomic E-state index is -0.697. The number of hydrogen-bond acceptors (Lipinski definition) is 6. The Morgan fingerprint density at radius 1 is 1.29 bits per heavy atom. The number of hydrogen-bond donors (Lipinski definition) is 0. The van der Waals surface area contributed by atoms with E-state index in [1.165, 1.54) is 14.2 Å². The van der Waals surface area contributed by atoms with Crippen LogP contribution in [0.1, 0.15) is 13.8 Å². The van der Waals surface area contributed by atoms with Gasteiger partial charge in [-0.05, 0) is 13.8 Å². The third-order valence-corrected chi connectivity index (χ3v) is 2.94. The summed E-state index contributed by atoms with van der Waals surface area (Å²) in [5.41, 5.74) is 0. The highest BCUT2D eigenvalue weighted by atomic mass is 16.8. The summed E-state index contributed by atoms with van der Waals surface area (Å²) in [5.74, 6) is -0.840. The maximum absolute atomic E-state index is 12.0. The highest BCUT2D eigenvalue weighted by Crippen LogP contribution is 2.31. The Morgan fingerprint density at radius 3 is 2.41 bits per heavy atom. The first kappa shape index (κ1) is 12.9. The van der Waals surface area contributed by atoms with E-state index >= 15 is 0 Å². The quantitative estimate of drug-likeness (QED) is 0.703. The van der Waals surface area contributed by atoms with Crippen molar-refractivity contribution in [3.05, 3.63) is 0 Å². The van der Waals surface area contributed by atoms with Crippen molar-refractivity contribution in [1.29, 1.82) is 0 Å². The van der Waals surface area contributed by atoms with E-state index in [2.05, 4.69) is 0 Å². The Kier molecular flexibility index (Phi) is 3.51. The minimum absolute atomic E-state index is 0.161. The summed E-state index contributed by atoms with van der Waals surface area (Å²) in [5, 5.41) is 0. The second-order valence-corrected chi connectivity index (χ2v) is 4.59. The fraction of sp³-hybridized carbons (Fsp3) is 0.909. The molecule has 6 nitrogen and oxygen atoms in total. The topological polar surface area (TPSA) is 63.2 Å². The first-order valence-corrected chi connectivity index (χ1v) is 5.55. The van der Waals surface area contributed by atoms with E-state index in [1.807, 2.05) is 0 Å². The van der Waals surface area contributed by atoms with Gasteiger partial charge in [0.25, 0.3) is 0 Å². The molecule has 2 heterocycles. The van der Waals surface area contributed by atoms with Gasteiger partial charge in [-0.1, -0.05) is 0 Å². The molecule has 2 fully saturated rings. The van der Waals surface area contributed by atoms with Crippen LogP contribution in [0, 0.1) is 0 Å². The molecule has 0 aliphatic carbocycles. The van der Waals surface area contributed by atoms with Crippen LogP contribution in [-0.4, -0.2) is 57.0 Å². The first-order valence-electron chi connectivity index (χ1n) is 5.55. The van der Waals surface area contributed by atoms with Crippen LogP contribution in [0.3, 0.4) is 0 Å². The number of Topliss-reactive ketones (excluding diaryl/α,β-unsaturated/α-hetero) is 1. The summed E-state index contributed by atoms with van der Waals surface area (Å²) in [6.07, 6.45) is -2.47. The zero-order valence-corrected chi connectivity index (χ0v) is 10.5. The van der Waals surface area contributed by atoms with E-state index in [1.54, 1.807) is 13.8 Å². The van der Waals surface area contributed by atoms with Gasteiger partial charge in [-0.25, -0.2) is 0 Å². The molecule has 4 atom stereocenters. The molecule has 0 saturated carbocycles. The van der Waals surface area contributed by atoms with E-state index in [4.69, 9.17) is 23.7 Å². The number of ether oxygens (including phenoxy) is 5. The molecule has 0 radical (unpaired) electrons. The molecule has 1 unspecified atom stereocenters. The molecule has 0 spiro atoms. The molecule has 0 amide bonds. The van der Waals surface area contributed by atoms with Crippen LogP contribution in [0.4, 0.5) is 0 Å². The molecule has 98 valence electrons. The zero-order chi connectivity index (χ0) is 12.6. The van der Waals surface area contributed by atoms with Crippen molar-refractivity contribution in [2.45, 2.75) is 44.2 Å². The van der Waals surface area contributed by atoms with Crippen molar-refractivity contribution >= 4 is 5.78 Å². The van der Waals surface area contributed by atoms with Crippen LogP contribution in [-0.2, 0) is 28.5 Å². The molecule has 0 bridgehead atoms. The predicted molar refractivity (Wildman–Crippen MR) is 56.4 cm³/mol. The standard InChI is InChI=1S/C11H18O6/c1-11(2)15-5-6(17-11)8-7(12)9(13-3)10(14-4)16-8/h6,8-10H,5H2,1-4H3/t6?,8-,9-,10+/m1/s1. The number of methoxy groups -OCH3 is 2. The Labute approximate surface area is 100 Å². The van der Waals surface area contributed by atoms with Crippen LogP contribution < -0.4 is 0 Å². The maximum Gasteiger partial charge on any atom is 0.198 e. The summed E-state index contributed by atoms with van der Waals surface area (Å²) in [7, 11) is 2.93. The maximum atomic E-state index is 12.0. The molecule has 0 N–H and O–H groups in total. The van der Waals surface area contributed by atoms with E-state index < -0.39 is 30.4 Å². The average molecular weight is 246 g/mol. The number of carbonyl (C=O) groups excluding carboxylic acids is 1. The molecule has 2 aliphatic heterocycles. The van der Waals surface area contributed by atoms with Gasteiger partial charge in [-0.3, -0.25) is 4.79 Å². The van der Waals surface area contributed by atoms with Crippen molar-refractivity contribution in [2.75, 3.05) is 20.8 Å². The second kappa shape index (κ2) is 4.62. The molecule has 6 heteroatoms. The van der Waals surface area contributed by atoms with Gasteiger partial charge in [0.15, 0.2) is 30.1 Å². The number of carbonyl (C=O) groups is 1. The van der Waals surface area contributed by atoms with Crippen LogP contribution in [0.2, 0.25) is 0 Å². The Bertz CT molecular complexity index is 302. The van der Waals surface area contributed by atoms with Crippen molar-refractivity contribution in [2.24, 2.45) is 0 Å². The molecule has 0 aromatic heterocycles. The summed E-state index contributed by atoms with van der Waals surface area (Å²) in [6, 6.07) is 0. The van der Waals surface area contributed by atoms with Crippen LogP contribution in [0.15, 0.2) is 0 Å². The lowest BCUT2D eigenvalue weighted by molar-refractivity contribution is -0.186. The molecule has 2 saturated heterocycles. The van der Waals surface area contributed by atoms with Crippen molar-refractivity contribution in [3.63, 3.8) is 0 Å². The summed E-state index contributed by atoms with van der Waals surface area (Å²) in [4.78, 5) is 12.0. The van der Waals surface area contributed by atoms with Gasteiger partial charge in [-0.2, -0.15) is 0 Å². The lowest BCUT2D eigenvalue weighted by atomic mass is 10.1. The lowest BCUT2D eigenvalue weighted by Gasteiger charge is -2.19. The van der Waals surface area contributed by atoms with Crippen molar-refractivity contribution in [3.8, 4) is 0 Å². The van der Waals surface area contributed by atoms with Crippen molar-refractivity contribution < 1.29 is 28.5 Å². The van der Waals surface area contributed by atoms with Crippen LogP contribution in [0.25, 0.3) is 0 Å². The molecular formula is C11H18O6. The third-order valence-electron chi connectivity index (χ3n) is 2.94. The normalized spacial score (nSPS) is 41.1. The third kappa shape index (κ3) is 2.36. The van der Waals surface area contributed by atoms with E-state index in [0.29, 0.717) is 6.61 Å². The summed E-state index contributed by atoms with van der Waals surface area (Å²) in [6.45, 7) is 3.93. The minimum Gasteiger partial charge on any atom is -0.368 e. The van der Waals surface area contributed by atoms with Crippen molar-refractivity contribution in [1.82, 2.24) is 0 Å². The predicted octanol–water partition coefficient (Wildman–Crippen LogP) is 0.0933. The summed E-state index contributed by atoms with van der Waals surface area (Å²) >= 11 is 0. The largest absolute Gasteiger partial charge is 0.368 e. The average Bonchev–Trinajstić information content (AvgIpc) is 2.78. The van der Waals surface area contributed by atoms with Gasteiger partial charge >= 0.3 is 0 Å². The zero-order valence-electron chi connectivity index (χ0n) is 10.5. The van der Waals surface area contributed by atoms with Gasteiger partial charge < -0.3 is 23.7 Å². The van der Waals surface area contributed by atoms with E-state index in [0.717, 1.165) is 0 Å². The van der Waals surface area contributed by atoms with Gasteiger partial charge in [0.05, 0.1) is 6.61 Å². The fourth-order valence-corrected chi connectivity index (χ4v) is 2.12. The van der Waals surface area contributed by atoms with E-state index in [-0.39, 0.29) is 5.78 Å². The van der Waals surface area contributed by atoms with Gasteiger partial charge in [0.2, 0.25) is 0 Å². The Morgan fingerprint density at radius 2 is 2.00 bits per heavy atom. The first-order chi connectivity index (χ1) is 7.98. The smallest absolute Gasteiger partial charge is 0.198 e. The van der Waals surface area contributed by atoms with Crippen LogP contribution in [0.5, 0.6) is 0 Å². The molecule has 2 rings (SSSR count). The Balaban J connectivity index is 2.06.